The number of methoxy groups -OCH3 is 2. The molecule has 2 atom stereocenters. The quantitative estimate of drug-likeness (QED) is 0.284. The van der Waals surface area contributed by atoms with Gasteiger partial charge in [0.1, 0.15) is 0 Å². The first kappa shape index (κ1) is 20.7. The average Bonchev–Trinajstić information content (AvgIpc) is 2.55. The van der Waals surface area contributed by atoms with Crippen molar-refractivity contribution in [2.24, 2.45) is 11.3 Å². The van der Waals surface area contributed by atoms with E-state index in [1.165, 1.54) is 14.2 Å². The van der Waals surface area contributed by atoms with Gasteiger partial charge in [-0.25, -0.2) is 0 Å². The first-order valence-corrected chi connectivity index (χ1v) is 8.81. The van der Waals surface area contributed by atoms with Crippen LogP contribution in [0.4, 0.5) is 0 Å². The van der Waals surface area contributed by atoms with Crippen LogP contribution < -0.4 is 0 Å². The van der Waals surface area contributed by atoms with E-state index >= 15 is 0 Å². The van der Waals surface area contributed by atoms with Gasteiger partial charge in [0.15, 0.2) is 5.41 Å². The van der Waals surface area contributed by atoms with Gasteiger partial charge in [-0.3, -0.25) is 14.4 Å². The summed E-state index contributed by atoms with van der Waals surface area (Å²) in [6, 6.07) is 0. The molecule has 0 N–H and O–H groups in total. The van der Waals surface area contributed by atoms with Gasteiger partial charge in [-0.05, 0) is 38.4 Å². The lowest BCUT2D eigenvalue weighted by Crippen LogP contribution is -2.61. The van der Waals surface area contributed by atoms with Crippen molar-refractivity contribution < 1.29 is 33.3 Å². The molecular weight excluding hydrogens is 356 g/mol. The predicted molar refractivity (Wildman–Crippen MR) is 91.4 cm³/mol. The van der Waals surface area contributed by atoms with Gasteiger partial charge in [-0.1, -0.05) is 11.8 Å². The summed E-state index contributed by atoms with van der Waals surface area (Å²) in [4.78, 5) is 36.3. The molecule has 0 bridgehead atoms. The van der Waals surface area contributed by atoms with Crippen LogP contribution in [0.3, 0.4) is 0 Å². The molecule has 0 aromatic rings. The Kier molecular flexibility index (Phi) is 7.95. The van der Waals surface area contributed by atoms with Gasteiger partial charge in [0, 0.05) is 11.7 Å². The van der Waals surface area contributed by atoms with Gasteiger partial charge in [-0.15, -0.1) is 0 Å². The van der Waals surface area contributed by atoms with E-state index in [2.05, 4.69) is 0 Å². The third kappa shape index (κ3) is 4.18. The van der Waals surface area contributed by atoms with Crippen molar-refractivity contribution in [3.8, 4) is 0 Å². The Bertz CT molecular complexity index is 490. The second-order valence-electron chi connectivity index (χ2n) is 5.15. The van der Waals surface area contributed by atoms with Gasteiger partial charge in [0.25, 0.3) is 0 Å². The Morgan fingerprint density at radius 1 is 1.08 bits per heavy atom. The van der Waals surface area contributed by atoms with E-state index in [1.54, 1.807) is 13.8 Å². The topological polar surface area (TPSA) is 88.1 Å². The molecule has 0 aliphatic heterocycles. The van der Waals surface area contributed by atoms with Crippen LogP contribution in [0, 0.1) is 11.3 Å². The van der Waals surface area contributed by atoms with Crippen molar-refractivity contribution in [1.82, 2.24) is 0 Å². The number of hydrogen-bond acceptors (Lipinski definition) is 9. The maximum absolute atomic E-state index is 12.3. The molecule has 0 radical (unpaired) electrons. The molecule has 0 unspecified atom stereocenters. The molecule has 1 saturated carbocycles. The molecule has 1 fully saturated rings. The summed E-state index contributed by atoms with van der Waals surface area (Å²) in [7, 11) is 2.41. The molecular formula is C15H22O7S2. The van der Waals surface area contributed by atoms with E-state index in [0.29, 0.717) is 6.61 Å². The van der Waals surface area contributed by atoms with Gasteiger partial charge < -0.3 is 18.9 Å². The summed E-state index contributed by atoms with van der Waals surface area (Å²) in [5.41, 5.74) is -1.49. The number of thiocarbonyl (C=S) groups is 1. The number of carbonyl (C=O) groups is 3. The molecule has 136 valence electrons. The Hall–Kier alpha value is -1.35. The lowest BCUT2D eigenvalue weighted by Gasteiger charge is -2.49. The fraction of sp³-hybridized carbons (Fsp3) is 0.733. The largest absolute Gasteiger partial charge is 0.479 e. The minimum absolute atomic E-state index is 0.0793. The minimum Gasteiger partial charge on any atom is -0.479 e. The van der Waals surface area contributed by atoms with Crippen molar-refractivity contribution in [2.45, 2.75) is 31.9 Å². The molecule has 0 aromatic heterocycles. The van der Waals surface area contributed by atoms with E-state index in [1.807, 2.05) is 0 Å². The summed E-state index contributed by atoms with van der Waals surface area (Å²) in [5.74, 6) is -2.07. The Morgan fingerprint density at radius 2 is 1.62 bits per heavy atom. The van der Waals surface area contributed by atoms with Crippen LogP contribution in [0.1, 0.15) is 26.7 Å². The third-order valence-corrected chi connectivity index (χ3v) is 5.57. The number of carbonyl (C=O) groups excluding carboxylic acids is 3. The van der Waals surface area contributed by atoms with E-state index in [-0.39, 0.29) is 29.7 Å². The van der Waals surface area contributed by atoms with Gasteiger partial charge in [0.2, 0.25) is 4.38 Å². The smallest absolute Gasteiger partial charge is 0.324 e. The van der Waals surface area contributed by atoms with Crippen LogP contribution in [0.5, 0.6) is 0 Å². The van der Waals surface area contributed by atoms with Crippen molar-refractivity contribution in [2.75, 3.05) is 27.4 Å². The first-order chi connectivity index (χ1) is 11.4. The van der Waals surface area contributed by atoms with E-state index in [9.17, 15) is 14.4 Å². The number of ether oxygens (including phenoxy) is 4. The maximum Gasteiger partial charge on any atom is 0.324 e. The van der Waals surface area contributed by atoms with Crippen molar-refractivity contribution in [3.05, 3.63) is 0 Å². The Morgan fingerprint density at radius 3 is 2.08 bits per heavy atom. The number of esters is 3. The zero-order chi connectivity index (χ0) is 18.3. The number of rotatable bonds is 7. The minimum atomic E-state index is -1.49. The highest BCUT2D eigenvalue weighted by Crippen LogP contribution is 2.55. The monoisotopic (exact) mass is 378 g/mol. The van der Waals surface area contributed by atoms with Crippen LogP contribution in [0.15, 0.2) is 0 Å². The van der Waals surface area contributed by atoms with Crippen molar-refractivity contribution in [3.63, 3.8) is 0 Å². The number of hydrogen-bond donors (Lipinski definition) is 0. The normalized spacial score (nSPS) is 21.2. The molecule has 7 nitrogen and oxygen atoms in total. The summed E-state index contributed by atoms with van der Waals surface area (Å²) in [6.45, 7) is 4.12. The second-order valence-corrected chi connectivity index (χ2v) is 6.89. The zero-order valence-corrected chi connectivity index (χ0v) is 15.8. The van der Waals surface area contributed by atoms with Gasteiger partial charge in [-0.2, -0.15) is 0 Å². The van der Waals surface area contributed by atoms with Crippen LogP contribution in [0.2, 0.25) is 0 Å². The van der Waals surface area contributed by atoms with Crippen molar-refractivity contribution in [1.29, 1.82) is 0 Å². The van der Waals surface area contributed by atoms with E-state index in [4.69, 9.17) is 31.2 Å². The molecule has 0 amide bonds. The molecule has 1 aliphatic rings. The molecule has 1 rings (SSSR count). The van der Waals surface area contributed by atoms with Crippen LogP contribution in [-0.2, 0) is 33.3 Å². The summed E-state index contributed by atoms with van der Waals surface area (Å²) in [6.07, 6.45) is 0.216. The molecule has 9 heteroatoms. The predicted octanol–water partition coefficient (Wildman–Crippen LogP) is 1.72. The highest BCUT2D eigenvalue weighted by molar-refractivity contribution is 8.23. The van der Waals surface area contributed by atoms with E-state index < -0.39 is 28.6 Å². The number of thioether (sulfide) groups is 1. The van der Waals surface area contributed by atoms with Crippen LogP contribution in [0.25, 0.3) is 0 Å². The second kappa shape index (κ2) is 9.22. The lowest BCUT2D eigenvalue weighted by molar-refractivity contribution is -0.180. The fourth-order valence-corrected chi connectivity index (χ4v) is 4.49. The molecule has 0 aromatic carbocycles. The Labute approximate surface area is 150 Å². The summed E-state index contributed by atoms with van der Waals surface area (Å²) in [5, 5.41) is -0.610. The highest BCUT2D eigenvalue weighted by atomic mass is 32.2. The molecule has 0 spiro atoms. The van der Waals surface area contributed by atoms with Crippen LogP contribution in [-0.4, -0.2) is 55.0 Å². The van der Waals surface area contributed by atoms with Gasteiger partial charge >= 0.3 is 17.9 Å². The molecule has 1 aliphatic carbocycles. The standard InChI is InChI=1S/C15H22O7S2/c1-5-21-10(16)7-9-8-15(12(17)19-3,13(18)20-4)11(9)24-14(23)22-6-2/h9,11H,5-8H2,1-4H3/t9-,11+/m1/s1. The van der Waals surface area contributed by atoms with Gasteiger partial charge in [0.05, 0.1) is 27.4 Å². The fourth-order valence-electron chi connectivity index (χ4n) is 2.79. The van der Waals surface area contributed by atoms with Crippen LogP contribution >= 0.6 is 24.0 Å². The zero-order valence-electron chi connectivity index (χ0n) is 14.2. The SMILES string of the molecule is CCOC(=O)C[C@@H]1CC(C(=O)OC)(C(=O)OC)[C@H]1SC(=S)OCC. The summed E-state index contributed by atoms with van der Waals surface area (Å²) < 4.78 is 20.0. The average molecular weight is 378 g/mol. The Balaban J connectivity index is 3.05. The third-order valence-electron chi connectivity index (χ3n) is 3.82. The first-order valence-electron chi connectivity index (χ1n) is 7.53. The van der Waals surface area contributed by atoms with Crippen molar-refractivity contribution >= 4 is 46.3 Å². The molecule has 0 heterocycles. The highest BCUT2D eigenvalue weighted by Gasteiger charge is 2.66. The maximum atomic E-state index is 12.3. The lowest BCUT2D eigenvalue weighted by atomic mass is 9.60. The molecule has 24 heavy (non-hydrogen) atoms. The van der Waals surface area contributed by atoms with E-state index in [0.717, 1.165) is 11.8 Å². The summed E-state index contributed by atoms with van der Waals surface area (Å²) >= 11 is 6.19. The molecule has 0 saturated heterocycles.